The van der Waals surface area contributed by atoms with Gasteiger partial charge in [0.25, 0.3) is 0 Å². The fraction of sp³-hybridized carbons (Fsp3) is 0.200. The SMILES string of the molecule is CCOC(=O)c1ccc2ccccc2c1-c1ccc2c(c1)C(C)(C)c1cc3c(cc1-2)C(C)(C)c1cc(-c2c(C(=O)OCC)ccc4ccccc24)ccc1-3. The Hall–Kier alpha value is -6.00. The van der Waals surface area contributed by atoms with Crippen LogP contribution in [0.1, 0.15) is 84.5 Å². The maximum absolute atomic E-state index is 13.3. The van der Waals surface area contributed by atoms with E-state index < -0.39 is 0 Å². The zero-order valence-corrected chi connectivity index (χ0v) is 31.6. The van der Waals surface area contributed by atoms with Gasteiger partial charge in [-0.25, -0.2) is 9.59 Å². The van der Waals surface area contributed by atoms with Crippen molar-refractivity contribution < 1.29 is 19.1 Å². The lowest BCUT2D eigenvalue weighted by Gasteiger charge is -2.25. The summed E-state index contributed by atoms with van der Waals surface area (Å²) in [4.78, 5) is 26.6. The molecule has 2 aliphatic rings. The van der Waals surface area contributed by atoms with Crippen LogP contribution in [-0.4, -0.2) is 25.2 Å². The van der Waals surface area contributed by atoms with Gasteiger partial charge in [-0.15, -0.1) is 0 Å². The van der Waals surface area contributed by atoms with Crippen molar-refractivity contribution in [3.8, 4) is 44.5 Å². The Morgan fingerprint density at radius 2 is 0.852 bits per heavy atom. The molecule has 266 valence electrons. The van der Waals surface area contributed by atoms with Crippen LogP contribution >= 0.6 is 0 Å². The first-order valence-corrected chi connectivity index (χ1v) is 18.9. The molecule has 9 rings (SSSR count). The second kappa shape index (κ2) is 12.3. The lowest BCUT2D eigenvalue weighted by molar-refractivity contribution is 0.0518. The van der Waals surface area contributed by atoms with Crippen molar-refractivity contribution in [2.24, 2.45) is 0 Å². The molecule has 7 aromatic rings. The van der Waals surface area contributed by atoms with Crippen LogP contribution in [0.15, 0.2) is 121 Å². The van der Waals surface area contributed by atoms with Crippen LogP contribution in [-0.2, 0) is 20.3 Å². The minimum absolute atomic E-state index is 0.283. The Balaban J connectivity index is 1.18. The first-order valence-electron chi connectivity index (χ1n) is 18.9. The molecule has 0 radical (unpaired) electrons. The van der Waals surface area contributed by atoms with Crippen LogP contribution in [0, 0.1) is 0 Å². The first kappa shape index (κ1) is 33.8. The summed E-state index contributed by atoms with van der Waals surface area (Å²) in [7, 11) is 0. The predicted octanol–water partition coefficient (Wildman–Crippen LogP) is 12.3. The van der Waals surface area contributed by atoms with E-state index in [2.05, 4.69) is 100 Å². The van der Waals surface area contributed by atoms with Gasteiger partial charge in [-0.3, -0.25) is 0 Å². The molecule has 0 fully saturated rings. The van der Waals surface area contributed by atoms with Crippen molar-refractivity contribution in [1.82, 2.24) is 0 Å². The molecule has 4 nitrogen and oxygen atoms in total. The van der Waals surface area contributed by atoms with Gasteiger partial charge < -0.3 is 9.47 Å². The van der Waals surface area contributed by atoms with Gasteiger partial charge >= 0.3 is 11.9 Å². The van der Waals surface area contributed by atoms with Crippen LogP contribution in [0.2, 0.25) is 0 Å². The molecule has 0 atom stereocenters. The number of rotatable bonds is 6. The van der Waals surface area contributed by atoms with Gasteiger partial charge in [0.1, 0.15) is 0 Å². The Morgan fingerprint density at radius 1 is 0.463 bits per heavy atom. The fourth-order valence-corrected chi connectivity index (χ4v) is 9.20. The van der Waals surface area contributed by atoms with Crippen molar-refractivity contribution in [3.05, 3.63) is 155 Å². The highest BCUT2D eigenvalue weighted by Crippen LogP contribution is 2.57. The zero-order valence-electron chi connectivity index (χ0n) is 31.6. The molecule has 0 amide bonds. The van der Waals surface area contributed by atoms with E-state index in [0.717, 1.165) is 43.8 Å². The molecular weight excluding hydrogens is 665 g/mol. The summed E-state index contributed by atoms with van der Waals surface area (Å²) < 4.78 is 11.1. The molecule has 0 saturated carbocycles. The Kier molecular flexibility index (Phi) is 7.69. The molecule has 0 spiro atoms. The fourth-order valence-electron chi connectivity index (χ4n) is 9.20. The maximum Gasteiger partial charge on any atom is 0.338 e. The Morgan fingerprint density at radius 3 is 1.26 bits per heavy atom. The molecule has 0 aliphatic heterocycles. The molecule has 0 N–H and O–H groups in total. The van der Waals surface area contributed by atoms with Crippen molar-refractivity contribution >= 4 is 33.5 Å². The van der Waals surface area contributed by atoms with Crippen molar-refractivity contribution in [1.29, 1.82) is 0 Å². The third-order valence-corrected chi connectivity index (χ3v) is 11.9. The lowest BCUT2D eigenvalue weighted by Crippen LogP contribution is -2.17. The molecule has 0 aromatic heterocycles. The number of hydrogen-bond donors (Lipinski definition) is 0. The highest BCUT2D eigenvalue weighted by molar-refractivity contribution is 6.10. The highest BCUT2D eigenvalue weighted by Gasteiger charge is 2.42. The maximum atomic E-state index is 13.3. The Labute approximate surface area is 316 Å². The number of carbonyl (C=O) groups excluding carboxylic acids is 2. The number of carbonyl (C=O) groups is 2. The second-order valence-corrected chi connectivity index (χ2v) is 15.6. The van der Waals surface area contributed by atoms with Gasteiger partial charge in [-0.1, -0.05) is 113 Å². The zero-order chi connectivity index (χ0) is 37.5. The topological polar surface area (TPSA) is 52.6 Å². The molecule has 7 aromatic carbocycles. The van der Waals surface area contributed by atoms with E-state index in [1.807, 2.05) is 62.4 Å². The largest absolute Gasteiger partial charge is 0.462 e. The van der Waals surface area contributed by atoms with E-state index in [1.165, 1.54) is 44.5 Å². The van der Waals surface area contributed by atoms with Crippen LogP contribution in [0.25, 0.3) is 66.1 Å². The predicted molar refractivity (Wildman–Crippen MR) is 219 cm³/mol. The summed E-state index contributed by atoms with van der Waals surface area (Å²) >= 11 is 0. The molecule has 54 heavy (non-hydrogen) atoms. The highest BCUT2D eigenvalue weighted by atomic mass is 16.5. The van der Waals surface area contributed by atoms with E-state index in [4.69, 9.17) is 9.47 Å². The van der Waals surface area contributed by atoms with Gasteiger partial charge in [0.05, 0.1) is 24.3 Å². The van der Waals surface area contributed by atoms with Crippen molar-refractivity contribution in [2.45, 2.75) is 52.4 Å². The van der Waals surface area contributed by atoms with Crippen molar-refractivity contribution in [2.75, 3.05) is 13.2 Å². The average molecular weight is 707 g/mol. The number of esters is 2. The molecule has 0 bridgehead atoms. The molecular formula is C50H42O4. The van der Waals surface area contributed by atoms with E-state index in [0.29, 0.717) is 24.3 Å². The first-order chi connectivity index (χ1) is 26.0. The summed E-state index contributed by atoms with van der Waals surface area (Å²) in [6.07, 6.45) is 0. The third kappa shape index (κ3) is 4.89. The number of benzene rings is 7. The summed E-state index contributed by atoms with van der Waals surface area (Å²) in [5.41, 5.74) is 14.5. The second-order valence-electron chi connectivity index (χ2n) is 15.6. The number of fused-ring (bicyclic) bond motifs is 8. The van der Waals surface area contributed by atoms with Gasteiger partial charge in [0.15, 0.2) is 0 Å². The van der Waals surface area contributed by atoms with Gasteiger partial charge in [-0.05, 0) is 127 Å². The molecule has 0 unspecified atom stereocenters. The average Bonchev–Trinajstić information content (AvgIpc) is 3.54. The van der Waals surface area contributed by atoms with E-state index in [1.54, 1.807) is 0 Å². The number of hydrogen-bond acceptors (Lipinski definition) is 4. The van der Waals surface area contributed by atoms with Crippen LogP contribution in [0.5, 0.6) is 0 Å². The molecule has 2 aliphatic carbocycles. The normalized spacial score (nSPS) is 14.3. The van der Waals surface area contributed by atoms with E-state index >= 15 is 0 Å². The van der Waals surface area contributed by atoms with Gasteiger partial charge in [-0.2, -0.15) is 0 Å². The van der Waals surface area contributed by atoms with Crippen molar-refractivity contribution in [3.63, 3.8) is 0 Å². The summed E-state index contributed by atoms with van der Waals surface area (Å²) in [5.74, 6) is -0.612. The standard InChI is InChI=1S/C50H42O4/c1-7-53-47(51)37-23-17-29-13-9-11-15-33(29)45(37)31-19-21-35-39-27-44-40(28-43(39)49(3,4)41(35)25-31)36-22-20-32(26-42(36)50(44,5)6)46-34-16-12-10-14-30(34)18-24-38(46)48(52)54-8-2/h9-28H,7-8H2,1-6H3. The molecule has 0 heterocycles. The Bertz CT molecular complexity index is 2540. The van der Waals surface area contributed by atoms with E-state index in [-0.39, 0.29) is 22.8 Å². The monoisotopic (exact) mass is 706 g/mol. The molecule has 0 saturated heterocycles. The van der Waals surface area contributed by atoms with Crippen LogP contribution in [0.4, 0.5) is 0 Å². The number of ether oxygens (including phenoxy) is 2. The minimum atomic E-state index is -0.306. The quantitative estimate of drug-likeness (QED) is 0.162. The van der Waals surface area contributed by atoms with Crippen LogP contribution < -0.4 is 0 Å². The van der Waals surface area contributed by atoms with E-state index in [9.17, 15) is 9.59 Å². The third-order valence-electron chi connectivity index (χ3n) is 11.9. The summed E-state index contributed by atoms with van der Waals surface area (Å²) in [5, 5.41) is 4.24. The summed E-state index contributed by atoms with van der Waals surface area (Å²) in [6.45, 7) is 13.6. The van der Waals surface area contributed by atoms with Gasteiger partial charge in [0.2, 0.25) is 0 Å². The van der Waals surface area contributed by atoms with Crippen LogP contribution in [0.3, 0.4) is 0 Å². The van der Waals surface area contributed by atoms with Gasteiger partial charge in [0, 0.05) is 22.0 Å². The minimum Gasteiger partial charge on any atom is -0.462 e. The smallest absolute Gasteiger partial charge is 0.338 e. The summed E-state index contributed by atoms with van der Waals surface area (Å²) in [6, 6.07) is 42.5. The lowest BCUT2D eigenvalue weighted by atomic mass is 9.78. The molecule has 4 heteroatoms.